The number of hydrogen-bond acceptors (Lipinski definition) is 6. The molecule has 1 atom stereocenters. The van der Waals surface area contributed by atoms with Gasteiger partial charge in [-0.3, -0.25) is 0 Å². The van der Waals surface area contributed by atoms with E-state index in [9.17, 15) is 0 Å². The van der Waals surface area contributed by atoms with Crippen LogP contribution in [-0.4, -0.2) is 46.6 Å². The fraction of sp³-hybridized carbons (Fsp3) is 0.368. The zero-order chi connectivity index (χ0) is 18.4. The number of nitrogens with one attached hydrogen (secondary N) is 1. The molecule has 2 aromatic carbocycles. The van der Waals surface area contributed by atoms with E-state index in [-0.39, 0.29) is 6.10 Å². The summed E-state index contributed by atoms with van der Waals surface area (Å²) >= 11 is 6.15. The smallest absolute Gasteiger partial charge is 0.203 e. The molecule has 0 aromatic heterocycles. The van der Waals surface area contributed by atoms with E-state index in [0.29, 0.717) is 60.1 Å². The number of fused-ring (bicyclic) bond motifs is 1. The first kappa shape index (κ1) is 18.5. The minimum atomic E-state index is -0.108. The van der Waals surface area contributed by atoms with E-state index in [0.717, 1.165) is 0 Å². The van der Waals surface area contributed by atoms with Gasteiger partial charge in [0.1, 0.15) is 19.3 Å². The molecule has 0 saturated heterocycles. The molecular formula is C19H22ClNO5. The van der Waals surface area contributed by atoms with Gasteiger partial charge in [-0.05, 0) is 24.3 Å². The highest BCUT2D eigenvalue weighted by Crippen LogP contribution is 2.38. The fourth-order valence-corrected chi connectivity index (χ4v) is 2.86. The Morgan fingerprint density at radius 2 is 1.85 bits per heavy atom. The lowest BCUT2D eigenvalue weighted by Gasteiger charge is -2.27. The Morgan fingerprint density at radius 1 is 1.12 bits per heavy atom. The number of ether oxygens (including phenoxy) is 5. The van der Waals surface area contributed by atoms with Crippen molar-refractivity contribution in [2.24, 2.45) is 0 Å². The van der Waals surface area contributed by atoms with Gasteiger partial charge in [0.15, 0.2) is 23.0 Å². The quantitative estimate of drug-likeness (QED) is 0.711. The Bertz CT molecular complexity index is 718. The van der Waals surface area contributed by atoms with Crippen molar-refractivity contribution in [1.29, 1.82) is 0 Å². The number of hydrogen-bond donors (Lipinski definition) is 1. The van der Waals surface area contributed by atoms with E-state index in [1.165, 1.54) is 0 Å². The van der Waals surface area contributed by atoms with Crippen LogP contribution in [0, 0.1) is 0 Å². The maximum atomic E-state index is 6.15. The van der Waals surface area contributed by atoms with Crippen LogP contribution in [0.4, 0.5) is 0 Å². The summed E-state index contributed by atoms with van der Waals surface area (Å²) < 4.78 is 28.0. The molecule has 140 valence electrons. The first-order chi connectivity index (χ1) is 12.7. The van der Waals surface area contributed by atoms with Crippen LogP contribution in [0.25, 0.3) is 0 Å². The zero-order valence-corrected chi connectivity index (χ0v) is 15.5. The van der Waals surface area contributed by atoms with Crippen molar-refractivity contribution in [3.05, 3.63) is 41.4 Å². The van der Waals surface area contributed by atoms with E-state index in [2.05, 4.69) is 5.32 Å². The van der Waals surface area contributed by atoms with Gasteiger partial charge in [-0.25, -0.2) is 0 Å². The van der Waals surface area contributed by atoms with Gasteiger partial charge in [-0.2, -0.15) is 0 Å². The summed E-state index contributed by atoms with van der Waals surface area (Å²) in [6, 6.07) is 11.0. The third kappa shape index (κ3) is 4.26. The van der Waals surface area contributed by atoms with E-state index in [1.54, 1.807) is 20.3 Å². The van der Waals surface area contributed by atoms with Gasteiger partial charge >= 0.3 is 0 Å². The molecule has 0 fully saturated rings. The Balaban J connectivity index is 1.45. The Labute approximate surface area is 157 Å². The van der Waals surface area contributed by atoms with Crippen LogP contribution in [0.15, 0.2) is 36.4 Å². The fourth-order valence-electron chi connectivity index (χ4n) is 2.65. The number of halogens is 1. The van der Waals surface area contributed by atoms with Crippen LogP contribution in [0.1, 0.15) is 0 Å². The molecule has 0 radical (unpaired) electrons. The monoisotopic (exact) mass is 379 g/mol. The molecule has 7 heteroatoms. The maximum Gasteiger partial charge on any atom is 0.203 e. The lowest BCUT2D eigenvalue weighted by atomic mass is 10.2. The molecule has 0 aliphatic carbocycles. The van der Waals surface area contributed by atoms with Crippen molar-refractivity contribution in [2.45, 2.75) is 6.10 Å². The van der Waals surface area contributed by atoms with Gasteiger partial charge in [0.05, 0.1) is 19.2 Å². The Kier molecular flexibility index (Phi) is 6.30. The predicted molar refractivity (Wildman–Crippen MR) is 99.3 cm³/mol. The van der Waals surface area contributed by atoms with Crippen LogP contribution in [0.2, 0.25) is 5.02 Å². The molecule has 26 heavy (non-hydrogen) atoms. The minimum absolute atomic E-state index is 0.108. The third-order valence-corrected chi connectivity index (χ3v) is 4.22. The maximum absolute atomic E-state index is 6.15. The van der Waals surface area contributed by atoms with Crippen molar-refractivity contribution < 1.29 is 23.7 Å². The summed E-state index contributed by atoms with van der Waals surface area (Å²) in [6.07, 6.45) is -0.108. The molecular weight excluding hydrogens is 358 g/mol. The average molecular weight is 380 g/mol. The van der Waals surface area contributed by atoms with Gasteiger partial charge in [-0.15, -0.1) is 0 Å². The van der Waals surface area contributed by atoms with E-state index < -0.39 is 0 Å². The van der Waals surface area contributed by atoms with Crippen molar-refractivity contribution in [3.8, 4) is 28.7 Å². The second-order valence-electron chi connectivity index (χ2n) is 5.66. The lowest BCUT2D eigenvalue weighted by molar-refractivity contribution is 0.0898. The van der Waals surface area contributed by atoms with Crippen LogP contribution >= 0.6 is 11.6 Å². The Hall–Kier alpha value is -2.31. The number of para-hydroxylation sites is 2. The van der Waals surface area contributed by atoms with E-state index in [4.69, 9.17) is 35.3 Å². The molecule has 1 aliphatic heterocycles. The van der Waals surface area contributed by atoms with Crippen molar-refractivity contribution in [3.63, 3.8) is 0 Å². The summed E-state index contributed by atoms with van der Waals surface area (Å²) in [7, 11) is 3.20. The highest BCUT2D eigenvalue weighted by Gasteiger charge is 2.22. The highest BCUT2D eigenvalue weighted by atomic mass is 35.5. The van der Waals surface area contributed by atoms with Crippen LogP contribution in [-0.2, 0) is 0 Å². The first-order valence-electron chi connectivity index (χ1n) is 8.35. The molecule has 2 aromatic rings. The largest absolute Gasteiger partial charge is 0.493 e. The van der Waals surface area contributed by atoms with Crippen molar-refractivity contribution in [1.82, 2.24) is 5.32 Å². The summed E-state index contributed by atoms with van der Waals surface area (Å²) in [5.74, 6) is 3.15. The topological polar surface area (TPSA) is 58.2 Å². The second kappa shape index (κ2) is 8.87. The van der Waals surface area contributed by atoms with Crippen molar-refractivity contribution in [2.75, 3.05) is 40.5 Å². The number of methoxy groups -OCH3 is 2. The van der Waals surface area contributed by atoms with Gasteiger partial charge in [0, 0.05) is 13.1 Å². The predicted octanol–water partition coefficient (Wildman–Crippen LogP) is 3.17. The van der Waals surface area contributed by atoms with Crippen molar-refractivity contribution >= 4 is 11.6 Å². The first-order valence-corrected chi connectivity index (χ1v) is 8.73. The molecule has 0 spiro atoms. The normalized spacial score (nSPS) is 15.4. The van der Waals surface area contributed by atoms with Crippen LogP contribution in [0.5, 0.6) is 28.7 Å². The summed E-state index contributed by atoms with van der Waals surface area (Å²) in [5.41, 5.74) is 0. The SMILES string of the molecule is COc1cccc(OC)c1OCCNC[C@H]1COc2cccc(Cl)c2O1. The minimum Gasteiger partial charge on any atom is -0.493 e. The summed E-state index contributed by atoms with van der Waals surface area (Å²) in [4.78, 5) is 0. The zero-order valence-electron chi connectivity index (χ0n) is 14.8. The third-order valence-electron chi connectivity index (χ3n) is 3.92. The lowest BCUT2D eigenvalue weighted by Crippen LogP contribution is -2.39. The summed E-state index contributed by atoms with van der Waals surface area (Å²) in [5, 5.41) is 3.85. The molecule has 6 nitrogen and oxygen atoms in total. The highest BCUT2D eigenvalue weighted by molar-refractivity contribution is 6.32. The molecule has 0 unspecified atom stereocenters. The number of rotatable bonds is 8. The standard InChI is InChI=1S/C19H22ClNO5/c1-22-15-6-4-7-16(23-2)19(15)24-10-9-21-11-13-12-25-17-8-3-5-14(20)18(17)26-13/h3-8,13,21H,9-12H2,1-2H3/t13-/m0/s1. The van der Waals surface area contributed by atoms with E-state index >= 15 is 0 Å². The molecule has 1 N–H and O–H groups in total. The Morgan fingerprint density at radius 3 is 2.58 bits per heavy atom. The average Bonchev–Trinajstić information content (AvgIpc) is 2.68. The van der Waals surface area contributed by atoms with Gasteiger partial charge in [-0.1, -0.05) is 23.7 Å². The molecule has 1 heterocycles. The van der Waals surface area contributed by atoms with Gasteiger partial charge in [0.2, 0.25) is 5.75 Å². The van der Waals surface area contributed by atoms with Gasteiger partial charge in [0.25, 0.3) is 0 Å². The number of benzene rings is 2. The van der Waals surface area contributed by atoms with E-state index in [1.807, 2.05) is 30.3 Å². The molecule has 0 amide bonds. The second-order valence-corrected chi connectivity index (χ2v) is 6.07. The molecule has 0 saturated carbocycles. The van der Waals surface area contributed by atoms with Gasteiger partial charge < -0.3 is 29.0 Å². The summed E-state index contributed by atoms with van der Waals surface area (Å²) in [6.45, 7) is 2.19. The molecule has 1 aliphatic rings. The molecule has 0 bridgehead atoms. The van der Waals surface area contributed by atoms with Crippen LogP contribution in [0.3, 0.4) is 0 Å². The van der Waals surface area contributed by atoms with Crippen LogP contribution < -0.4 is 29.0 Å². The molecule has 3 rings (SSSR count).